The molecule has 0 aromatic heterocycles. The molecule has 6 atom stereocenters. The first-order valence-corrected chi connectivity index (χ1v) is 12.2. The van der Waals surface area contributed by atoms with Crippen LogP contribution in [0.25, 0.3) is 0 Å². The predicted octanol–water partition coefficient (Wildman–Crippen LogP) is -1.99. The quantitative estimate of drug-likeness (QED) is 0.255. The van der Waals surface area contributed by atoms with Crippen molar-refractivity contribution in [3.8, 4) is 0 Å². The second-order valence-corrected chi connectivity index (χ2v) is 10.9. The number of nitrogens with zero attached hydrogens (tertiary/aromatic N) is 1. The third kappa shape index (κ3) is 4.35. The number of β-lactam (4-membered cyclic amide) rings is 1. The van der Waals surface area contributed by atoms with Crippen molar-refractivity contribution in [1.29, 1.82) is 0 Å². The minimum Gasteiger partial charge on any atom is -0.477 e. The fourth-order valence-electron chi connectivity index (χ4n) is 4.29. The van der Waals surface area contributed by atoms with Crippen molar-refractivity contribution in [2.45, 2.75) is 43.7 Å². The molecule has 3 aliphatic rings. The van der Waals surface area contributed by atoms with E-state index in [1.165, 1.54) is 23.6 Å². The van der Waals surface area contributed by atoms with Gasteiger partial charge in [0, 0.05) is 29.2 Å². The molecule has 0 radical (unpaired) electrons. The molecule has 0 bridgehead atoms. The molecule has 0 spiro atoms. The Labute approximate surface area is 178 Å². The molecule has 11 nitrogen and oxygen atoms in total. The van der Waals surface area contributed by atoms with Crippen molar-refractivity contribution in [3.63, 3.8) is 0 Å². The number of fused-ring (bicyclic) bond motifs is 1. The molecule has 2 saturated heterocycles. The number of primary sulfonamides is 1. The summed E-state index contributed by atoms with van der Waals surface area (Å²) in [6.45, 7) is 3.74. The summed E-state index contributed by atoms with van der Waals surface area (Å²) in [5.74, 6) is -3.13. The second kappa shape index (κ2) is 8.46. The van der Waals surface area contributed by atoms with E-state index >= 15 is 0 Å². The average Bonchev–Trinajstić information content (AvgIpc) is 3.16. The number of aliphatic hydroxyl groups excluding tert-OH is 1. The summed E-state index contributed by atoms with van der Waals surface area (Å²) in [7, 11) is -3.66. The Morgan fingerprint density at radius 1 is 1.43 bits per heavy atom. The largest absolute Gasteiger partial charge is 0.477 e. The SMILES string of the molecule is C[C@@H](O)[C@H]1C(=O)N2C(C(=O)O)=C(S[C@@H]3CN[C@H](C(=O)NCCS(N)(=O)=O)C3)[C@H](C)[C@H]12. The monoisotopic (exact) mass is 462 g/mol. The zero-order valence-electron chi connectivity index (χ0n) is 16.6. The molecule has 0 aromatic rings. The third-order valence-electron chi connectivity index (χ3n) is 5.70. The molecular formula is C17H26N4O7S2. The number of nitrogens with one attached hydrogen (secondary N) is 2. The Bertz CT molecular complexity index is 889. The van der Waals surface area contributed by atoms with Crippen LogP contribution in [0.5, 0.6) is 0 Å². The molecule has 3 aliphatic heterocycles. The lowest BCUT2D eigenvalue weighted by Crippen LogP contribution is -2.63. The molecule has 3 heterocycles. The molecule has 0 unspecified atom stereocenters. The van der Waals surface area contributed by atoms with Crippen LogP contribution in [-0.4, -0.2) is 83.6 Å². The number of carboxylic acids is 1. The van der Waals surface area contributed by atoms with E-state index in [2.05, 4.69) is 10.6 Å². The lowest BCUT2D eigenvalue weighted by atomic mass is 9.79. The lowest BCUT2D eigenvalue weighted by molar-refractivity contribution is -0.163. The zero-order valence-corrected chi connectivity index (χ0v) is 18.2. The summed E-state index contributed by atoms with van der Waals surface area (Å²) in [4.78, 5) is 38.3. The van der Waals surface area contributed by atoms with E-state index in [4.69, 9.17) is 5.14 Å². The van der Waals surface area contributed by atoms with Crippen LogP contribution < -0.4 is 15.8 Å². The fraction of sp³-hybridized carbons (Fsp3) is 0.706. The maximum atomic E-state index is 12.4. The maximum absolute atomic E-state index is 12.4. The molecule has 0 saturated carbocycles. The van der Waals surface area contributed by atoms with E-state index in [-0.39, 0.29) is 47.0 Å². The number of hydrogen-bond acceptors (Lipinski definition) is 8. The zero-order chi connectivity index (χ0) is 22.4. The number of carbonyl (C=O) groups is 3. The normalized spacial score (nSPS) is 32.1. The Morgan fingerprint density at radius 2 is 2.10 bits per heavy atom. The van der Waals surface area contributed by atoms with Gasteiger partial charge in [-0.15, -0.1) is 11.8 Å². The maximum Gasteiger partial charge on any atom is 0.353 e. The van der Waals surface area contributed by atoms with Gasteiger partial charge in [-0.05, 0) is 13.3 Å². The number of amides is 2. The lowest BCUT2D eigenvalue weighted by Gasteiger charge is -2.46. The first-order valence-electron chi connectivity index (χ1n) is 9.59. The number of nitrogens with two attached hydrogens (primary N) is 1. The van der Waals surface area contributed by atoms with E-state index in [9.17, 15) is 33.0 Å². The molecule has 2 amide bonds. The van der Waals surface area contributed by atoms with Gasteiger partial charge in [0.25, 0.3) is 0 Å². The molecule has 13 heteroatoms. The van der Waals surface area contributed by atoms with E-state index in [1.54, 1.807) is 0 Å². The van der Waals surface area contributed by atoms with Crippen LogP contribution in [0.3, 0.4) is 0 Å². The van der Waals surface area contributed by atoms with Gasteiger partial charge in [-0.3, -0.25) is 9.59 Å². The van der Waals surface area contributed by atoms with E-state index in [0.29, 0.717) is 17.9 Å². The number of hydrogen-bond donors (Lipinski definition) is 5. The highest BCUT2D eigenvalue weighted by molar-refractivity contribution is 8.03. The second-order valence-electron chi connectivity index (χ2n) is 7.87. The third-order valence-corrected chi connectivity index (χ3v) is 7.98. The van der Waals surface area contributed by atoms with Gasteiger partial charge in [0.15, 0.2) is 0 Å². The highest BCUT2D eigenvalue weighted by Crippen LogP contribution is 2.51. The van der Waals surface area contributed by atoms with Gasteiger partial charge >= 0.3 is 5.97 Å². The van der Waals surface area contributed by atoms with E-state index < -0.39 is 34.1 Å². The molecule has 168 valence electrons. The van der Waals surface area contributed by atoms with Crippen LogP contribution in [0.4, 0.5) is 0 Å². The Kier molecular flexibility index (Phi) is 6.49. The summed E-state index contributed by atoms with van der Waals surface area (Å²) in [5, 5.41) is 30.0. The van der Waals surface area contributed by atoms with Crippen LogP contribution >= 0.6 is 11.8 Å². The molecule has 30 heavy (non-hydrogen) atoms. The van der Waals surface area contributed by atoms with E-state index in [1.807, 2.05) is 6.92 Å². The highest BCUT2D eigenvalue weighted by Gasteiger charge is 2.60. The summed E-state index contributed by atoms with van der Waals surface area (Å²) in [5.41, 5.74) is -0.0412. The van der Waals surface area contributed by atoms with Gasteiger partial charge in [0.05, 0.1) is 29.9 Å². The topological polar surface area (TPSA) is 179 Å². The Hall–Kier alpha value is -1.67. The van der Waals surface area contributed by atoms with Crippen molar-refractivity contribution in [2.75, 3.05) is 18.8 Å². The van der Waals surface area contributed by atoms with Crippen molar-refractivity contribution in [3.05, 3.63) is 10.6 Å². The number of aliphatic hydroxyl groups is 1. The number of sulfonamides is 1. The molecule has 0 aromatic carbocycles. The van der Waals surface area contributed by atoms with Gasteiger partial charge in [0.1, 0.15) is 5.70 Å². The van der Waals surface area contributed by atoms with Gasteiger partial charge in [0.2, 0.25) is 21.8 Å². The van der Waals surface area contributed by atoms with Crippen molar-refractivity contribution < 1.29 is 33.0 Å². The van der Waals surface area contributed by atoms with Crippen LogP contribution in [0.1, 0.15) is 20.3 Å². The minimum atomic E-state index is -3.66. The highest BCUT2D eigenvalue weighted by atomic mass is 32.2. The molecule has 6 N–H and O–H groups in total. The Balaban J connectivity index is 1.64. The smallest absolute Gasteiger partial charge is 0.353 e. The molecule has 3 rings (SSSR count). The van der Waals surface area contributed by atoms with E-state index in [0.717, 1.165) is 0 Å². The summed E-state index contributed by atoms with van der Waals surface area (Å²) < 4.78 is 21.9. The van der Waals surface area contributed by atoms with Gasteiger partial charge < -0.3 is 25.7 Å². The van der Waals surface area contributed by atoms with Crippen LogP contribution in [0.2, 0.25) is 0 Å². The number of carboxylic acid groups (broad SMARTS) is 1. The number of carbonyl (C=O) groups excluding carboxylic acids is 2. The van der Waals surface area contributed by atoms with Crippen molar-refractivity contribution in [1.82, 2.24) is 15.5 Å². The molecule has 0 aliphatic carbocycles. The first kappa shape index (κ1) is 23.0. The first-order chi connectivity index (χ1) is 13.9. The minimum absolute atomic E-state index is 0.0412. The average molecular weight is 463 g/mol. The van der Waals surface area contributed by atoms with Gasteiger partial charge in [-0.25, -0.2) is 18.4 Å². The standard InChI is InChI=1S/C17H26N4O7S2/c1-7-12-11(8(2)22)16(24)21(12)13(17(25)26)14(7)29-9-5-10(20-6-9)15(23)19-3-4-30(18,27)28/h7-12,20,22H,3-6H2,1-2H3,(H,19,23)(H,25,26)(H2,18,27,28)/t7-,8-,9+,10+,11-,12-/m1/s1. The summed E-state index contributed by atoms with van der Waals surface area (Å²) in [6, 6.07) is -0.907. The molecular weight excluding hydrogens is 436 g/mol. The fourth-order valence-corrected chi connectivity index (χ4v) is 6.16. The Morgan fingerprint density at radius 3 is 2.67 bits per heavy atom. The van der Waals surface area contributed by atoms with Gasteiger partial charge in [-0.1, -0.05) is 6.92 Å². The number of aliphatic carboxylic acids is 1. The summed E-state index contributed by atoms with van der Waals surface area (Å²) in [6.07, 6.45) is -0.438. The van der Waals surface area contributed by atoms with Gasteiger partial charge in [-0.2, -0.15) is 0 Å². The van der Waals surface area contributed by atoms with Crippen molar-refractivity contribution in [2.24, 2.45) is 17.0 Å². The summed E-state index contributed by atoms with van der Waals surface area (Å²) >= 11 is 1.34. The van der Waals surface area contributed by atoms with Crippen LogP contribution in [0, 0.1) is 11.8 Å². The molecule has 2 fully saturated rings. The van der Waals surface area contributed by atoms with Crippen molar-refractivity contribution >= 4 is 39.6 Å². The van der Waals surface area contributed by atoms with Crippen LogP contribution in [-0.2, 0) is 24.4 Å². The predicted molar refractivity (Wildman–Crippen MR) is 108 cm³/mol. The number of thioether (sulfide) groups is 1. The van der Waals surface area contributed by atoms with Crippen LogP contribution in [0.15, 0.2) is 10.6 Å². The number of rotatable bonds is 8.